The lowest BCUT2D eigenvalue weighted by molar-refractivity contribution is 0.0272. The zero-order chi connectivity index (χ0) is 21.1. The second kappa shape index (κ2) is 8.36. The average molecular weight is 435 g/mol. The first-order valence-electron chi connectivity index (χ1n) is 9.18. The van der Waals surface area contributed by atoms with E-state index in [4.69, 9.17) is 4.74 Å². The molecule has 1 aromatic carbocycles. The lowest BCUT2D eigenvalue weighted by Crippen LogP contribution is -2.44. The Hall–Kier alpha value is -3.05. The Morgan fingerprint density at radius 1 is 1.20 bits per heavy atom. The summed E-state index contributed by atoms with van der Waals surface area (Å²) in [6.07, 6.45) is 4.73. The van der Waals surface area contributed by atoms with Crippen molar-refractivity contribution >= 4 is 21.5 Å². The summed E-state index contributed by atoms with van der Waals surface area (Å²) in [4.78, 5) is 6.19. The number of nitrogens with one attached hydrogen (secondary N) is 1. The average Bonchev–Trinajstić information content (AvgIpc) is 3.24. The van der Waals surface area contributed by atoms with Gasteiger partial charge in [0.15, 0.2) is 11.6 Å². The summed E-state index contributed by atoms with van der Waals surface area (Å²) in [6.45, 7) is 2.34. The number of rotatable bonds is 6. The molecule has 4 rings (SSSR count). The highest BCUT2D eigenvalue weighted by Crippen LogP contribution is 2.21. The van der Waals surface area contributed by atoms with Gasteiger partial charge in [-0.15, -0.1) is 0 Å². The number of morpholine rings is 1. The number of sulfonamides is 1. The monoisotopic (exact) mass is 435 g/mol. The van der Waals surface area contributed by atoms with Gasteiger partial charge in [0, 0.05) is 37.7 Å². The fraction of sp³-hybridized carbons (Fsp3) is 0.263. The molecule has 1 aliphatic heterocycles. The first kappa shape index (κ1) is 20.2. The molecule has 2 aromatic heterocycles. The molecule has 0 bridgehead atoms. The van der Waals surface area contributed by atoms with E-state index < -0.39 is 21.7 Å². The zero-order valence-electron chi connectivity index (χ0n) is 15.8. The Kier molecular flexibility index (Phi) is 5.64. The van der Waals surface area contributed by atoms with E-state index in [2.05, 4.69) is 14.8 Å². The van der Waals surface area contributed by atoms with Gasteiger partial charge in [-0.25, -0.2) is 22.2 Å². The molecule has 3 aromatic rings. The van der Waals surface area contributed by atoms with Gasteiger partial charge < -0.3 is 9.64 Å². The number of benzene rings is 1. The van der Waals surface area contributed by atoms with Crippen LogP contribution in [0.5, 0.6) is 0 Å². The third-order valence-electron chi connectivity index (χ3n) is 4.62. The number of anilines is 2. The van der Waals surface area contributed by atoms with Gasteiger partial charge in [-0.05, 0) is 30.3 Å². The number of halogens is 2. The summed E-state index contributed by atoms with van der Waals surface area (Å²) in [5, 5.41) is 4.18. The van der Waals surface area contributed by atoms with Gasteiger partial charge in [0.05, 0.1) is 24.9 Å². The highest BCUT2D eigenvalue weighted by molar-refractivity contribution is 7.92. The molecule has 158 valence electrons. The molecule has 0 spiro atoms. The summed E-state index contributed by atoms with van der Waals surface area (Å²) in [7, 11) is -3.99. The van der Waals surface area contributed by atoms with Crippen molar-refractivity contribution in [3.63, 3.8) is 0 Å². The molecule has 0 saturated carbocycles. The van der Waals surface area contributed by atoms with Gasteiger partial charge in [-0.2, -0.15) is 5.10 Å². The van der Waals surface area contributed by atoms with Crippen LogP contribution in [0.4, 0.5) is 20.3 Å². The van der Waals surface area contributed by atoms with Crippen LogP contribution in [0.15, 0.2) is 59.9 Å². The minimum Gasteiger partial charge on any atom is -0.373 e. The van der Waals surface area contributed by atoms with Crippen LogP contribution >= 0.6 is 0 Å². The molecular weight excluding hydrogens is 416 g/mol. The standard InChI is InChI=1S/C19H19F2N5O3S/c20-17-4-2-14(10-18(17)21)24-30(27,28)16-3-5-19(22-11-16)25-8-9-29-15(12-25)13-26-7-1-6-23-26/h1-7,10-11,15,24H,8-9,12-13H2. The molecule has 1 aliphatic rings. The molecule has 1 atom stereocenters. The Bertz CT molecular complexity index is 1110. The highest BCUT2D eigenvalue weighted by atomic mass is 32.2. The maximum absolute atomic E-state index is 13.3. The topological polar surface area (TPSA) is 89.4 Å². The normalized spacial score (nSPS) is 17.1. The van der Waals surface area contributed by atoms with Gasteiger partial charge in [0.2, 0.25) is 0 Å². The predicted octanol–water partition coefficient (Wildman–Crippen LogP) is 2.26. The number of nitrogens with zero attached hydrogens (tertiary/aromatic N) is 4. The molecular formula is C19H19F2N5O3S. The van der Waals surface area contributed by atoms with E-state index in [1.165, 1.54) is 12.3 Å². The maximum Gasteiger partial charge on any atom is 0.263 e. The molecule has 11 heteroatoms. The lowest BCUT2D eigenvalue weighted by atomic mass is 10.2. The molecule has 0 aliphatic carbocycles. The van der Waals surface area contributed by atoms with E-state index in [0.717, 1.165) is 18.2 Å². The number of hydrogen-bond acceptors (Lipinski definition) is 6. The first-order valence-corrected chi connectivity index (χ1v) is 10.7. The molecule has 3 heterocycles. The predicted molar refractivity (Wildman–Crippen MR) is 106 cm³/mol. The SMILES string of the molecule is O=S(=O)(Nc1ccc(F)c(F)c1)c1ccc(N2CCOC(Cn3cccn3)C2)nc1. The van der Waals surface area contributed by atoms with E-state index in [1.807, 2.05) is 17.2 Å². The molecule has 1 unspecified atom stereocenters. The van der Waals surface area contributed by atoms with Crippen molar-refractivity contribution in [1.29, 1.82) is 0 Å². The largest absolute Gasteiger partial charge is 0.373 e. The van der Waals surface area contributed by atoms with Gasteiger partial charge in [0.1, 0.15) is 10.7 Å². The van der Waals surface area contributed by atoms with Crippen molar-refractivity contribution in [1.82, 2.24) is 14.8 Å². The van der Waals surface area contributed by atoms with Gasteiger partial charge >= 0.3 is 0 Å². The minimum absolute atomic E-state index is 0.0705. The van der Waals surface area contributed by atoms with Crippen LogP contribution in [0.1, 0.15) is 0 Å². The van der Waals surface area contributed by atoms with Crippen LogP contribution in [0.25, 0.3) is 0 Å². The summed E-state index contributed by atoms with van der Waals surface area (Å²) in [6, 6.07) is 7.65. The summed E-state index contributed by atoms with van der Waals surface area (Å²) < 4.78 is 61.1. The summed E-state index contributed by atoms with van der Waals surface area (Å²) in [5.74, 6) is -1.57. The van der Waals surface area contributed by atoms with Crippen LogP contribution in [-0.2, 0) is 21.3 Å². The van der Waals surface area contributed by atoms with Crippen LogP contribution in [0, 0.1) is 11.6 Å². The van der Waals surface area contributed by atoms with Crippen LogP contribution in [0.2, 0.25) is 0 Å². The molecule has 8 nitrogen and oxygen atoms in total. The fourth-order valence-electron chi connectivity index (χ4n) is 3.15. The van der Waals surface area contributed by atoms with Crippen molar-refractivity contribution < 1.29 is 21.9 Å². The van der Waals surface area contributed by atoms with Crippen molar-refractivity contribution in [2.45, 2.75) is 17.5 Å². The number of hydrogen-bond donors (Lipinski definition) is 1. The van der Waals surface area contributed by atoms with E-state index >= 15 is 0 Å². The Morgan fingerprint density at radius 2 is 2.07 bits per heavy atom. The first-order chi connectivity index (χ1) is 14.4. The summed E-state index contributed by atoms with van der Waals surface area (Å²) >= 11 is 0. The van der Waals surface area contributed by atoms with E-state index in [1.54, 1.807) is 16.9 Å². The van der Waals surface area contributed by atoms with Gasteiger partial charge in [-0.3, -0.25) is 9.40 Å². The van der Waals surface area contributed by atoms with E-state index in [0.29, 0.717) is 32.1 Å². The third-order valence-corrected chi connectivity index (χ3v) is 5.98. The Labute approximate surface area is 172 Å². The van der Waals surface area contributed by atoms with Crippen LogP contribution in [-0.4, -0.2) is 49.0 Å². The second-order valence-corrected chi connectivity index (χ2v) is 8.44. The van der Waals surface area contributed by atoms with E-state index in [9.17, 15) is 17.2 Å². The molecule has 1 saturated heterocycles. The molecule has 30 heavy (non-hydrogen) atoms. The maximum atomic E-state index is 13.3. The Balaban J connectivity index is 1.44. The lowest BCUT2D eigenvalue weighted by Gasteiger charge is -2.33. The smallest absolute Gasteiger partial charge is 0.263 e. The number of ether oxygens (including phenoxy) is 1. The molecule has 0 radical (unpaired) electrons. The van der Waals surface area contributed by atoms with Gasteiger partial charge in [0.25, 0.3) is 10.0 Å². The van der Waals surface area contributed by atoms with Crippen LogP contribution in [0.3, 0.4) is 0 Å². The molecule has 1 fully saturated rings. The van der Waals surface area contributed by atoms with Crippen molar-refractivity contribution in [3.8, 4) is 0 Å². The van der Waals surface area contributed by atoms with Crippen molar-refractivity contribution in [3.05, 3.63) is 66.6 Å². The second-order valence-electron chi connectivity index (χ2n) is 6.75. The number of aromatic nitrogens is 3. The fourth-order valence-corrected chi connectivity index (χ4v) is 4.14. The minimum atomic E-state index is -3.99. The van der Waals surface area contributed by atoms with Crippen molar-refractivity contribution in [2.24, 2.45) is 0 Å². The Morgan fingerprint density at radius 3 is 2.77 bits per heavy atom. The van der Waals surface area contributed by atoms with Crippen molar-refractivity contribution in [2.75, 3.05) is 29.3 Å². The van der Waals surface area contributed by atoms with Gasteiger partial charge in [-0.1, -0.05) is 0 Å². The highest BCUT2D eigenvalue weighted by Gasteiger charge is 2.23. The number of pyridine rings is 1. The molecule has 0 amide bonds. The third kappa shape index (κ3) is 4.57. The van der Waals surface area contributed by atoms with E-state index in [-0.39, 0.29) is 16.7 Å². The van der Waals surface area contributed by atoms with Crippen LogP contribution < -0.4 is 9.62 Å². The summed E-state index contributed by atoms with van der Waals surface area (Å²) in [5.41, 5.74) is -0.0763. The molecule has 1 N–H and O–H groups in total. The quantitative estimate of drug-likeness (QED) is 0.639. The zero-order valence-corrected chi connectivity index (χ0v) is 16.6.